The molecule has 1 aromatic rings. The quantitative estimate of drug-likeness (QED) is 0.759. The number of hydrogen-bond acceptors (Lipinski definition) is 2. The van der Waals surface area contributed by atoms with Gasteiger partial charge in [0.15, 0.2) is 0 Å². The van der Waals surface area contributed by atoms with Gasteiger partial charge in [0, 0.05) is 19.8 Å². The summed E-state index contributed by atoms with van der Waals surface area (Å²) in [6, 6.07) is 5.95. The monoisotopic (exact) mass is 253 g/mol. The Balaban J connectivity index is 2.20. The molecule has 0 bridgehead atoms. The fourth-order valence-electron chi connectivity index (χ4n) is 1.44. The lowest BCUT2D eigenvalue weighted by Crippen LogP contribution is -2.26. The summed E-state index contributed by atoms with van der Waals surface area (Å²) in [4.78, 5) is 11.6. The second-order valence-electron chi connectivity index (χ2n) is 4.56. The molecular formula is C14H20FNO2. The van der Waals surface area contributed by atoms with E-state index in [9.17, 15) is 9.18 Å². The summed E-state index contributed by atoms with van der Waals surface area (Å²) in [5, 5.41) is 2.67. The summed E-state index contributed by atoms with van der Waals surface area (Å²) >= 11 is 0. The van der Waals surface area contributed by atoms with E-state index in [0.717, 1.165) is 13.0 Å². The second kappa shape index (κ2) is 7.82. The highest BCUT2D eigenvalue weighted by atomic mass is 19.1. The van der Waals surface area contributed by atoms with Crippen molar-refractivity contribution in [3.05, 3.63) is 35.6 Å². The first-order chi connectivity index (χ1) is 8.61. The van der Waals surface area contributed by atoms with Gasteiger partial charge in [-0.05, 0) is 24.5 Å². The first kappa shape index (κ1) is 14.6. The van der Waals surface area contributed by atoms with Crippen LogP contribution >= 0.6 is 0 Å². The van der Waals surface area contributed by atoms with E-state index in [4.69, 9.17) is 4.74 Å². The molecule has 1 rings (SSSR count). The minimum Gasteiger partial charge on any atom is -0.381 e. The van der Waals surface area contributed by atoms with E-state index in [1.54, 1.807) is 12.1 Å². The Morgan fingerprint density at radius 3 is 2.78 bits per heavy atom. The average Bonchev–Trinajstić information content (AvgIpc) is 2.33. The van der Waals surface area contributed by atoms with Crippen molar-refractivity contribution in [1.29, 1.82) is 0 Å². The van der Waals surface area contributed by atoms with Crippen LogP contribution in [0.3, 0.4) is 0 Å². The molecule has 3 nitrogen and oxygen atoms in total. The highest BCUT2D eigenvalue weighted by Crippen LogP contribution is 2.05. The van der Waals surface area contributed by atoms with Gasteiger partial charge in [0.25, 0.3) is 5.91 Å². The molecule has 0 radical (unpaired) electrons. The Hall–Kier alpha value is -1.42. The number of halogens is 1. The van der Waals surface area contributed by atoms with Gasteiger partial charge in [-0.15, -0.1) is 0 Å². The number of ether oxygens (including phenoxy) is 1. The van der Waals surface area contributed by atoms with Crippen molar-refractivity contribution in [2.24, 2.45) is 5.92 Å². The topological polar surface area (TPSA) is 38.3 Å². The molecule has 0 aliphatic heterocycles. The van der Waals surface area contributed by atoms with Gasteiger partial charge in [0.1, 0.15) is 5.82 Å². The molecule has 0 atom stereocenters. The molecule has 0 fully saturated rings. The molecule has 0 aliphatic carbocycles. The van der Waals surface area contributed by atoms with Crippen molar-refractivity contribution in [2.45, 2.75) is 20.3 Å². The number of nitrogens with one attached hydrogen (secondary N) is 1. The minimum atomic E-state index is -0.494. The van der Waals surface area contributed by atoms with Gasteiger partial charge in [-0.25, -0.2) is 4.39 Å². The van der Waals surface area contributed by atoms with Gasteiger partial charge < -0.3 is 10.1 Å². The maximum Gasteiger partial charge on any atom is 0.254 e. The molecule has 0 saturated heterocycles. The number of amides is 1. The fourth-order valence-corrected chi connectivity index (χ4v) is 1.44. The molecule has 0 aliphatic rings. The SMILES string of the molecule is CC(C)COCCCNC(=O)c1ccccc1F. The predicted octanol–water partition coefficient (Wildman–Crippen LogP) is 2.62. The number of carbonyl (C=O) groups is 1. The highest BCUT2D eigenvalue weighted by molar-refractivity contribution is 5.94. The fraction of sp³-hybridized carbons (Fsp3) is 0.500. The second-order valence-corrected chi connectivity index (χ2v) is 4.56. The highest BCUT2D eigenvalue weighted by Gasteiger charge is 2.09. The summed E-state index contributed by atoms with van der Waals surface area (Å²) in [5.41, 5.74) is 0.0839. The third-order valence-electron chi connectivity index (χ3n) is 2.32. The lowest BCUT2D eigenvalue weighted by atomic mass is 10.2. The van der Waals surface area contributed by atoms with Crippen molar-refractivity contribution in [2.75, 3.05) is 19.8 Å². The molecule has 1 N–H and O–H groups in total. The summed E-state index contributed by atoms with van der Waals surface area (Å²) < 4.78 is 18.7. The van der Waals surface area contributed by atoms with Gasteiger partial charge >= 0.3 is 0 Å². The van der Waals surface area contributed by atoms with E-state index < -0.39 is 5.82 Å². The van der Waals surface area contributed by atoms with E-state index in [2.05, 4.69) is 19.2 Å². The van der Waals surface area contributed by atoms with Crippen LogP contribution in [0.2, 0.25) is 0 Å². The van der Waals surface area contributed by atoms with E-state index in [-0.39, 0.29) is 11.5 Å². The van der Waals surface area contributed by atoms with Crippen LogP contribution in [0, 0.1) is 11.7 Å². The molecule has 0 spiro atoms. The average molecular weight is 253 g/mol. The molecule has 0 saturated carbocycles. The van der Waals surface area contributed by atoms with Crippen LogP contribution in [-0.2, 0) is 4.74 Å². The summed E-state index contributed by atoms with van der Waals surface area (Å²) in [7, 11) is 0. The van der Waals surface area contributed by atoms with Crippen LogP contribution in [0.25, 0.3) is 0 Å². The zero-order valence-corrected chi connectivity index (χ0v) is 10.9. The molecule has 0 aromatic heterocycles. The first-order valence-corrected chi connectivity index (χ1v) is 6.21. The van der Waals surface area contributed by atoms with Gasteiger partial charge in [0.2, 0.25) is 0 Å². The largest absolute Gasteiger partial charge is 0.381 e. The molecule has 100 valence electrons. The standard InChI is InChI=1S/C14H20FNO2/c1-11(2)10-18-9-5-8-16-14(17)12-6-3-4-7-13(12)15/h3-4,6-7,11H,5,8-10H2,1-2H3,(H,16,17). The Morgan fingerprint density at radius 2 is 2.11 bits per heavy atom. The smallest absolute Gasteiger partial charge is 0.254 e. The van der Waals surface area contributed by atoms with Crippen LogP contribution < -0.4 is 5.32 Å². The Morgan fingerprint density at radius 1 is 1.39 bits per heavy atom. The Bertz CT molecular complexity index is 380. The van der Waals surface area contributed by atoms with Gasteiger partial charge in [-0.3, -0.25) is 4.79 Å². The van der Waals surface area contributed by atoms with Crippen LogP contribution in [0.1, 0.15) is 30.6 Å². The third-order valence-corrected chi connectivity index (χ3v) is 2.32. The normalized spacial score (nSPS) is 10.7. The number of carbonyl (C=O) groups excluding carboxylic acids is 1. The van der Waals surface area contributed by atoms with E-state index in [1.165, 1.54) is 12.1 Å². The van der Waals surface area contributed by atoms with Gasteiger partial charge in [-0.1, -0.05) is 26.0 Å². The molecular weight excluding hydrogens is 233 g/mol. The molecule has 1 aromatic carbocycles. The molecule has 0 unspecified atom stereocenters. The van der Waals surface area contributed by atoms with Crippen molar-refractivity contribution >= 4 is 5.91 Å². The maximum absolute atomic E-state index is 13.3. The molecule has 0 heterocycles. The molecule has 4 heteroatoms. The van der Waals surface area contributed by atoms with Crippen molar-refractivity contribution in [3.8, 4) is 0 Å². The summed E-state index contributed by atoms with van der Waals surface area (Å²) in [6.45, 7) is 5.99. The summed E-state index contributed by atoms with van der Waals surface area (Å²) in [6.07, 6.45) is 0.729. The van der Waals surface area contributed by atoms with Crippen LogP contribution in [-0.4, -0.2) is 25.7 Å². The Kier molecular flexibility index (Phi) is 6.36. The van der Waals surface area contributed by atoms with Gasteiger partial charge in [-0.2, -0.15) is 0 Å². The van der Waals surface area contributed by atoms with E-state index in [0.29, 0.717) is 19.1 Å². The summed E-state index contributed by atoms with van der Waals surface area (Å²) in [5.74, 6) is -0.360. The van der Waals surface area contributed by atoms with Crippen molar-refractivity contribution in [1.82, 2.24) is 5.32 Å². The minimum absolute atomic E-state index is 0.0839. The zero-order chi connectivity index (χ0) is 13.4. The number of rotatable bonds is 7. The van der Waals surface area contributed by atoms with Crippen molar-refractivity contribution < 1.29 is 13.9 Å². The zero-order valence-electron chi connectivity index (χ0n) is 10.9. The third kappa shape index (κ3) is 5.27. The molecule has 1 amide bonds. The lowest BCUT2D eigenvalue weighted by molar-refractivity contribution is 0.0921. The van der Waals surface area contributed by atoms with Crippen LogP contribution in [0.4, 0.5) is 4.39 Å². The number of benzene rings is 1. The van der Waals surface area contributed by atoms with Crippen molar-refractivity contribution in [3.63, 3.8) is 0 Å². The van der Waals surface area contributed by atoms with Crippen LogP contribution in [0.15, 0.2) is 24.3 Å². The number of hydrogen-bond donors (Lipinski definition) is 1. The van der Waals surface area contributed by atoms with E-state index >= 15 is 0 Å². The predicted molar refractivity (Wildman–Crippen MR) is 69.0 cm³/mol. The first-order valence-electron chi connectivity index (χ1n) is 6.21. The Labute approximate surface area is 107 Å². The van der Waals surface area contributed by atoms with E-state index in [1.807, 2.05) is 0 Å². The lowest BCUT2D eigenvalue weighted by Gasteiger charge is -2.08. The maximum atomic E-state index is 13.3. The molecule has 18 heavy (non-hydrogen) atoms. The van der Waals surface area contributed by atoms with Crippen LogP contribution in [0.5, 0.6) is 0 Å². The van der Waals surface area contributed by atoms with Gasteiger partial charge in [0.05, 0.1) is 5.56 Å².